The van der Waals surface area contributed by atoms with Crippen LogP contribution in [0.3, 0.4) is 0 Å². The summed E-state index contributed by atoms with van der Waals surface area (Å²) in [5.74, 6) is -1.78. The van der Waals surface area contributed by atoms with E-state index in [2.05, 4.69) is 5.32 Å². The summed E-state index contributed by atoms with van der Waals surface area (Å²) in [5.41, 5.74) is 0.147. The van der Waals surface area contributed by atoms with Gasteiger partial charge in [0.2, 0.25) is 6.41 Å². The number of benzene rings is 1. The molecule has 0 aliphatic heterocycles. The predicted octanol–water partition coefficient (Wildman–Crippen LogP) is 1.22. The van der Waals surface area contributed by atoms with Crippen LogP contribution in [0.5, 0.6) is 0 Å². The Bertz CT molecular complexity index is 411. The highest BCUT2D eigenvalue weighted by Gasteiger charge is 2.18. The van der Waals surface area contributed by atoms with Gasteiger partial charge in [-0.3, -0.25) is 4.79 Å². The number of nitrogens with one attached hydrogen (secondary N) is 1. The van der Waals surface area contributed by atoms with Crippen LogP contribution in [0.25, 0.3) is 0 Å². The Morgan fingerprint density at radius 1 is 1.62 bits per heavy atom. The van der Waals surface area contributed by atoms with Crippen LogP contribution in [0.15, 0.2) is 18.2 Å². The molecule has 6 heteroatoms. The third kappa shape index (κ3) is 3.20. The molecule has 86 valence electrons. The zero-order chi connectivity index (χ0) is 12.1. The van der Waals surface area contributed by atoms with Gasteiger partial charge in [-0.05, 0) is 23.8 Å². The number of carboxylic acid groups (broad SMARTS) is 1. The molecule has 1 aromatic rings. The SMILES string of the molecule is O=CNC(Cc1cc(Cl)ccc1F)C(=O)O. The second-order valence-electron chi connectivity index (χ2n) is 3.12. The average Bonchev–Trinajstić information content (AvgIpc) is 2.22. The summed E-state index contributed by atoms with van der Waals surface area (Å²) in [4.78, 5) is 20.9. The molecule has 0 bridgehead atoms. The van der Waals surface area contributed by atoms with Gasteiger partial charge in [0, 0.05) is 11.4 Å². The number of carbonyl (C=O) groups excluding carboxylic acids is 1. The largest absolute Gasteiger partial charge is 0.480 e. The highest BCUT2D eigenvalue weighted by molar-refractivity contribution is 6.30. The van der Waals surface area contributed by atoms with Crippen LogP contribution in [0.2, 0.25) is 5.02 Å². The summed E-state index contributed by atoms with van der Waals surface area (Å²) >= 11 is 5.65. The normalized spacial score (nSPS) is 11.9. The summed E-state index contributed by atoms with van der Waals surface area (Å²) in [6.07, 6.45) is 0.113. The van der Waals surface area contributed by atoms with Crippen LogP contribution in [0, 0.1) is 5.82 Å². The first-order chi connectivity index (χ1) is 7.54. The van der Waals surface area contributed by atoms with Gasteiger partial charge in [-0.25, -0.2) is 9.18 Å². The molecule has 0 saturated heterocycles. The standard InChI is InChI=1S/C10H9ClFNO3/c11-7-1-2-8(12)6(3-7)4-9(10(15)16)13-5-14/h1-3,5,9H,4H2,(H,13,14)(H,15,16). The van der Waals surface area contributed by atoms with Crippen molar-refractivity contribution in [2.75, 3.05) is 0 Å². The van der Waals surface area contributed by atoms with Gasteiger partial charge < -0.3 is 10.4 Å². The number of carbonyl (C=O) groups is 2. The number of carboxylic acids is 1. The highest BCUT2D eigenvalue weighted by Crippen LogP contribution is 2.16. The minimum Gasteiger partial charge on any atom is -0.480 e. The molecule has 2 N–H and O–H groups in total. The van der Waals surface area contributed by atoms with E-state index in [1.807, 2.05) is 0 Å². The number of hydrogen-bond donors (Lipinski definition) is 2. The summed E-state index contributed by atoms with van der Waals surface area (Å²) in [6.45, 7) is 0. The van der Waals surface area contributed by atoms with Crippen molar-refractivity contribution in [2.45, 2.75) is 12.5 Å². The third-order valence-electron chi connectivity index (χ3n) is 2.00. The molecule has 4 nitrogen and oxygen atoms in total. The first kappa shape index (κ1) is 12.4. The van der Waals surface area contributed by atoms with Crippen LogP contribution in [0.4, 0.5) is 4.39 Å². The molecule has 1 amide bonds. The lowest BCUT2D eigenvalue weighted by Gasteiger charge is -2.11. The van der Waals surface area contributed by atoms with Crippen LogP contribution in [0.1, 0.15) is 5.56 Å². The number of hydrogen-bond acceptors (Lipinski definition) is 2. The molecule has 1 aromatic carbocycles. The van der Waals surface area contributed by atoms with Gasteiger partial charge in [0.05, 0.1) is 0 Å². The quantitative estimate of drug-likeness (QED) is 0.767. The molecule has 0 aliphatic rings. The molecule has 0 aliphatic carbocycles. The molecule has 1 atom stereocenters. The van der Waals surface area contributed by atoms with Gasteiger partial charge in [0.25, 0.3) is 0 Å². The van der Waals surface area contributed by atoms with Gasteiger partial charge in [-0.1, -0.05) is 11.6 Å². The summed E-state index contributed by atoms with van der Waals surface area (Å²) in [6, 6.07) is 2.69. The van der Waals surface area contributed by atoms with Crippen molar-refractivity contribution in [2.24, 2.45) is 0 Å². The van der Waals surface area contributed by atoms with E-state index in [4.69, 9.17) is 16.7 Å². The summed E-state index contributed by atoms with van der Waals surface area (Å²) < 4.78 is 13.3. The van der Waals surface area contributed by atoms with Gasteiger partial charge in [0.15, 0.2) is 0 Å². The smallest absolute Gasteiger partial charge is 0.326 e. The fourth-order valence-corrected chi connectivity index (χ4v) is 1.41. The Hall–Kier alpha value is -1.62. The van der Waals surface area contributed by atoms with Crippen LogP contribution in [-0.4, -0.2) is 23.5 Å². The Kier molecular flexibility index (Phi) is 4.25. The minimum absolute atomic E-state index is 0.147. The Morgan fingerprint density at radius 2 is 2.31 bits per heavy atom. The van der Waals surface area contributed by atoms with E-state index in [1.165, 1.54) is 12.1 Å². The molecule has 0 saturated carbocycles. The van der Waals surface area contributed by atoms with E-state index in [1.54, 1.807) is 0 Å². The molecular weight excluding hydrogens is 237 g/mol. The van der Waals surface area contributed by atoms with Crippen LogP contribution >= 0.6 is 11.6 Å². The van der Waals surface area contributed by atoms with Gasteiger partial charge in [-0.2, -0.15) is 0 Å². The lowest BCUT2D eigenvalue weighted by atomic mass is 10.1. The molecule has 0 spiro atoms. The zero-order valence-electron chi connectivity index (χ0n) is 8.11. The molecule has 0 aromatic heterocycles. The van der Waals surface area contributed by atoms with Gasteiger partial charge >= 0.3 is 5.97 Å². The molecule has 16 heavy (non-hydrogen) atoms. The molecule has 0 heterocycles. The molecule has 1 rings (SSSR count). The lowest BCUT2D eigenvalue weighted by Crippen LogP contribution is -2.37. The second-order valence-corrected chi connectivity index (χ2v) is 3.55. The maximum Gasteiger partial charge on any atom is 0.326 e. The van der Waals surface area contributed by atoms with Crippen molar-refractivity contribution < 1.29 is 19.1 Å². The maximum atomic E-state index is 13.3. The Morgan fingerprint density at radius 3 is 2.88 bits per heavy atom. The van der Waals surface area contributed by atoms with Gasteiger partial charge in [0.1, 0.15) is 11.9 Å². The van der Waals surface area contributed by atoms with Crippen molar-refractivity contribution in [3.8, 4) is 0 Å². The number of rotatable bonds is 5. The summed E-state index contributed by atoms with van der Waals surface area (Å²) in [5, 5.41) is 11.1. The Balaban J connectivity index is 2.88. The van der Waals surface area contributed by atoms with E-state index in [9.17, 15) is 14.0 Å². The number of halogens is 2. The van der Waals surface area contributed by atoms with E-state index in [-0.39, 0.29) is 18.4 Å². The van der Waals surface area contributed by atoms with E-state index in [0.29, 0.717) is 5.02 Å². The number of aliphatic carboxylic acids is 1. The fourth-order valence-electron chi connectivity index (χ4n) is 1.22. The topological polar surface area (TPSA) is 66.4 Å². The van der Waals surface area contributed by atoms with Crippen molar-refractivity contribution >= 4 is 24.0 Å². The average molecular weight is 246 g/mol. The van der Waals surface area contributed by atoms with Crippen LogP contribution in [-0.2, 0) is 16.0 Å². The van der Waals surface area contributed by atoms with Crippen molar-refractivity contribution in [1.82, 2.24) is 5.32 Å². The van der Waals surface area contributed by atoms with E-state index < -0.39 is 17.8 Å². The Labute approximate surface area is 96.0 Å². The lowest BCUT2D eigenvalue weighted by molar-refractivity contribution is -0.140. The molecular formula is C10H9ClFNO3. The monoisotopic (exact) mass is 245 g/mol. The highest BCUT2D eigenvalue weighted by atomic mass is 35.5. The predicted molar refractivity (Wildman–Crippen MR) is 55.7 cm³/mol. The molecule has 1 unspecified atom stereocenters. The van der Waals surface area contributed by atoms with Crippen molar-refractivity contribution in [1.29, 1.82) is 0 Å². The van der Waals surface area contributed by atoms with E-state index in [0.717, 1.165) is 6.07 Å². The van der Waals surface area contributed by atoms with Crippen molar-refractivity contribution in [3.63, 3.8) is 0 Å². The summed E-state index contributed by atoms with van der Waals surface area (Å²) in [7, 11) is 0. The first-order valence-electron chi connectivity index (χ1n) is 4.41. The minimum atomic E-state index is -1.23. The zero-order valence-corrected chi connectivity index (χ0v) is 8.87. The maximum absolute atomic E-state index is 13.3. The first-order valence-corrected chi connectivity index (χ1v) is 4.79. The van der Waals surface area contributed by atoms with Crippen molar-refractivity contribution in [3.05, 3.63) is 34.6 Å². The van der Waals surface area contributed by atoms with Crippen LogP contribution < -0.4 is 5.32 Å². The second kappa shape index (κ2) is 5.46. The number of amides is 1. The third-order valence-corrected chi connectivity index (χ3v) is 2.23. The fraction of sp³-hybridized carbons (Fsp3) is 0.200. The molecule has 0 fully saturated rings. The van der Waals surface area contributed by atoms with Gasteiger partial charge in [-0.15, -0.1) is 0 Å². The molecule has 0 radical (unpaired) electrons. The van der Waals surface area contributed by atoms with E-state index >= 15 is 0 Å².